The summed E-state index contributed by atoms with van der Waals surface area (Å²) in [5, 5.41) is 2.96. The molecule has 0 saturated heterocycles. The number of carbonyl (C=O) groups is 1. The van der Waals surface area contributed by atoms with E-state index in [0.29, 0.717) is 22.8 Å². The van der Waals surface area contributed by atoms with Gasteiger partial charge in [0.15, 0.2) is 5.82 Å². The van der Waals surface area contributed by atoms with Gasteiger partial charge in [-0.2, -0.15) is 0 Å². The zero-order valence-corrected chi connectivity index (χ0v) is 15.8. The lowest BCUT2D eigenvalue weighted by Crippen LogP contribution is -2.28. The zero-order valence-electron chi connectivity index (χ0n) is 15.8. The standard InChI is InChI=1S/C20H22N6O/c1-13(16-17(23-9-8-22-16)18-24-6-5-7-25-18)26-19(27)14-10-15(12-21-11-14)20(2,3)4/h5-13H,1-4H3,(H,26,27)/t13-/m1/s1. The quantitative estimate of drug-likeness (QED) is 0.766. The van der Waals surface area contributed by atoms with Crippen molar-refractivity contribution in [3.05, 3.63) is 66.1 Å². The highest BCUT2D eigenvalue weighted by Gasteiger charge is 2.21. The molecule has 0 aliphatic rings. The number of carbonyl (C=O) groups excluding carboxylic acids is 1. The van der Waals surface area contributed by atoms with E-state index in [9.17, 15) is 4.79 Å². The molecule has 0 aliphatic carbocycles. The van der Waals surface area contributed by atoms with Gasteiger partial charge >= 0.3 is 0 Å². The Labute approximate surface area is 158 Å². The van der Waals surface area contributed by atoms with Crippen molar-refractivity contribution in [3.8, 4) is 11.5 Å². The van der Waals surface area contributed by atoms with Gasteiger partial charge in [0.25, 0.3) is 5.91 Å². The van der Waals surface area contributed by atoms with Crippen LogP contribution in [0.4, 0.5) is 0 Å². The van der Waals surface area contributed by atoms with Gasteiger partial charge in [0.1, 0.15) is 5.69 Å². The van der Waals surface area contributed by atoms with Crippen LogP contribution in [0.1, 0.15) is 55.4 Å². The molecule has 1 atom stereocenters. The van der Waals surface area contributed by atoms with E-state index in [1.165, 1.54) is 0 Å². The van der Waals surface area contributed by atoms with Crippen molar-refractivity contribution in [1.29, 1.82) is 0 Å². The maximum atomic E-state index is 12.7. The number of nitrogens with zero attached hydrogens (tertiary/aromatic N) is 5. The zero-order chi connectivity index (χ0) is 19.4. The second kappa shape index (κ2) is 7.57. The van der Waals surface area contributed by atoms with Crippen molar-refractivity contribution in [3.63, 3.8) is 0 Å². The molecule has 0 radical (unpaired) electrons. The van der Waals surface area contributed by atoms with E-state index in [4.69, 9.17) is 0 Å². The molecule has 0 spiro atoms. The molecule has 0 bridgehead atoms. The predicted octanol–water partition coefficient (Wildman–Crippen LogP) is 3.12. The number of amides is 1. The smallest absolute Gasteiger partial charge is 0.253 e. The predicted molar refractivity (Wildman–Crippen MR) is 102 cm³/mol. The first-order valence-corrected chi connectivity index (χ1v) is 8.71. The molecular weight excluding hydrogens is 340 g/mol. The molecule has 0 unspecified atom stereocenters. The van der Waals surface area contributed by atoms with E-state index >= 15 is 0 Å². The Hall–Kier alpha value is -3.22. The van der Waals surface area contributed by atoms with Gasteiger partial charge in [-0.05, 0) is 30.0 Å². The maximum Gasteiger partial charge on any atom is 0.253 e. The summed E-state index contributed by atoms with van der Waals surface area (Å²) in [5.41, 5.74) is 2.58. The molecule has 3 aromatic rings. The molecule has 0 aromatic carbocycles. The van der Waals surface area contributed by atoms with Gasteiger partial charge in [0.2, 0.25) is 0 Å². The average Bonchev–Trinajstić information content (AvgIpc) is 2.68. The summed E-state index contributed by atoms with van der Waals surface area (Å²) in [7, 11) is 0. The maximum absolute atomic E-state index is 12.7. The molecule has 27 heavy (non-hydrogen) atoms. The molecule has 0 aliphatic heterocycles. The van der Waals surface area contributed by atoms with E-state index in [2.05, 4.69) is 51.0 Å². The highest BCUT2D eigenvalue weighted by Crippen LogP contribution is 2.23. The summed E-state index contributed by atoms with van der Waals surface area (Å²) in [6.07, 6.45) is 9.82. The Morgan fingerprint density at radius 3 is 2.41 bits per heavy atom. The fourth-order valence-corrected chi connectivity index (χ4v) is 2.58. The van der Waals surface area contributed by atoms with Crippen molar-refractivity contribution in [2.24, 2.45) is 0 Å². The highest BCUT2D eigenvalue weighted by molar-refractivity contribution is 5.94. The fraction of sp³-hybridized carbons (Fsp3) is 0.300. The third-order valence-corrected chi connectivity index (χ3v) is 4.13. The molecule has 7 heteroatoms. The van der Waals surface area contributed by atoms with Crippen LogP contribution in [0.5, 0.6) is 0 Å². The van der Waals surface area contributed by atoms with Crippen molar-refractivity contribution >= 4 is 5.91 Å². The first kappa shape index (κ1) is 18.6. The molecule has 1 amide bonds. The number of rotatable bonds is 4. The van der Waals surface area contributed by atoms with Gasteiger partial charge in [-0.1, -0.05) is 20.8 Å². The Balaban J connectivity index is 1.85. The minimum atomic E-state index is -0.372. The van der Waals surface area contributed by atoms with E-state index < -0.39 is 0 Å². The summed E-state index contributed by atoms with van der Waals surface area (Å²) >= 11 is 0. The van der Waals surface area contributed by atoms with E-state index in [1.807, 2.05) is 13.0 Å². The molecule has 3 rings (SSSR count). The number of aromatic nitrogens is 5. The normalized spacial score (nSPS) is 12.4. The lowest BCUT2D eigenvalue weighted by Gasteiger charge is -2.20. The summed E-state index contributed by atoms with van der Waals surface area (Å²) in [6, 6.07) is 3.23. The van der Waals surface area contributed by atoms with Crippen molar-refractivity contribution in [2.75, 3.05) is 0 Å². The Bertz CT molecular complexity index is 936. The molecule has 0 fully saturated rings. The van der Waals surface area contributed by atoms with Crippen molar-refractivity contribution < 1.29 is 4.79 Å². The average molecular weight is 362 g/mol. The summed E-state index contributed by atoms with van der Waals surface area (Å²) < 4.78 is 0. The Morgan fingerprint density at radius 2 is 1.70 bits per heavy atom. The first-order chi connectivity index (χ1) is 12.9. The van der Waals surface area contributed by atoms with Crippen LogP contribution in [0, 0.1) is 0 Å². The van der Waals surface area contributed by atoms with E-state index in [1.54, 1.807) is 43.2 Å². The summed E-state index contributed by atoms with van der Waals surface area (Å²) in [5.74, 6) is 0.254. The molecule has 1 N–H and O–H groups in total. The van der Waals surface area contributed by atoms with Crippen LogP contribution in [0.15, 0.2) is 49.3 Å². The largest absolute Gasteiger partial charge is 0.344 e. The SMILES string of the molecule is C[C@@H](NC(=O)c1cncc(C(C)(C)C)c1)c1nccnc1-c1ncccn1. The van der Waals surface area contributed by atoms with Crippen LogP contribution in [-0.2, 0) is 5.41 Å². The second-order valence-corrected chi connectivity index (χ2v) is 7.27. The topological polar surface area (TPSA) is 93.6 Å². The number of hydrogen-bond donors (Lipinski definition) is 1. The summed E-state index contributed by atoms with van der Waals surface area (Å²) in [4.78, 5) is 34.1. The fourth-order valence-electron chi connectivity index (χ4n) is 2.58. The lowest BCUT2D eigenvalue weighted by molar-refractivity contribution is 0.0938. The highest BCUT2D eigenvalue weighted by atomic mass is 16.1. The van der Waals surface area contributed by atoms with Gasteiger partial charge in [-0.3, -0.25) is 14.8 Å². The Morgan fingerprint density at radius 1 is 1.00 bits per heavy atom. The monoisotopic (exact) mass is 362 g/mol. The first-order valence-electron chi connectivity index (χ1n) is 8.71. The van der Waals surface area contributed by atoms with Crippen LogP contribution < -0.4 is 5.32 Å². The molecule has 7 nitrogen and oxygen atoms in total. The lowest BCUT2D eigenvalue weighted by atomic mass is 9.87. The van der Waals surface area contributed by atoms with Gasteiger partial charge in [-0.15, -0.1) is 0 Å². The van der Waals surface area contributed by atoms with Gasteiger partial charge in [0, 0.05) is 37.2 Å². The van der Waals surface area contributed by atoms with Crippen LogP contribution >= 0.6 is 0 Å². The molecule has 3 heterocycles. The molecule has 138 valence electrons. The molecule has 0 saturated carbocycles. The summed E-state index contributed by atoms with van der Waals surface area (Å²) in [6.45, 7) is 8.11. The van der Waals surface area contributed by atoms with E-state index in [-0.39, 0.29) is 17.4 Å². The van der Waals surface area contributed by atoms with Gasteiger partial charge < -0.3 is 5.32 Å². The third-order valence-electron chi connectivity index (χ3n) is 4.13. The van der Waals surface area contributed by atoms with Crippen LogP contribution in [0.25, 0.3) is 11.5 Å². The van der Waals surface area contributed by atoms with Crippen LogP contribution in [-0.4, -0.2) is 30.8 Å². The van der Waals surface area contributed by atoms with Crippen molar-refractivity contribution in [2.45, 2.75) is 39.2 Å². The number of pyridine rings is 1. The molecule has 3 aromatic heterocycles. The van der Waals surface area contributed by atoms with Crippen molar-refractivity contribution in [1.82, 2.24) is 30.2 Å². The van der Waals surface area contributed by atoms with Crippen LogP contribution in [0.2, 0.25) is 0 Å². The Kier molecular flexibility index (Phi) is 5.21. The van der Waals surface area contributed by atoms with Gasteiger partial charge in [-0.25, -0.2) is 15.0 Å². The second-order valence-electron chi connectivity index (χ2n) is 7.27. The van der Waals surface area contributed by atoms with Crippen LogP contribution in [0.3, 0.4) is 0 Å². The van der Waals surface area contributed by atoms with Gasteiger partial charge in [0.05, 0.1) is 17.3 Å². The number of nitrogens with one attached hydrogen (secondary N) is 1. The molecular formula is C20H22N6O. The van der Waals surface area contributed by atoms with E-state index in [0.717, 1.165) is 5.56 Å². The minimum Gasteiger partial charge on any atom is -0.344 e. The number of hydrogen-bond acceptors (Lipinski definition) is 6. The third kappa shape index (κ3) is 4.31. The minimum absolute atomic E-state index is 0.0857.